The van der Waals surface area contributed by atoms with E-state index in [1.807, 2.05) is 6.92 Å². The number of hydrogen-bond donors (Lipinski definition) is 1. The first-order chi connectivity index (χ1) is 10.0. The molecular formula is C16H15Cl2F2N. The number of rotatable bonds is 5. The Morgan fingerprint density at radius 3 is 2.33 bits per heavy atom. The molecule has 112 valence electrons. The standard InChI is InChI=1S/C16H15Cl2F2N/c1-2-21-16(13-8-11(17)5-6-14(13)19)7-10-3-4-12(18)9-15(10)20/h3-6,8-9,16,21H,2,7H2,1H3. The lowest BCUT2D eigenvalue weighted by molar-refractivity contribution is 0.498. The van der Waals surface area contributed by atoms with Crippen molar-refractivity contribution in [2.75, 3.05) is 6.54 Å². The van der Waals surface area contributed by atoms with Gasteiger partial charge in [0.25, 0.3) is 0 Å². The molecule has 0 aromatic heterocycles. The molecule has 0 aliphatic carbocycles. The third-order valence-corrected chi connectivity index (χ3v) is 3.69. The van der Waals surface area contributed by atoms with Crippen LogP contribution < -0.4 is 5.32 Å². The zero-order valence-corrected chi connectivity index (χ0v) is 13.0. The van der Waals surface area contributed by atoms with Crippen LogP contribution in [0.1, 0.15) is 24.1 Å². The quantitative estimate of drug-likeness (QED) is 0.798. The van der Waals surface area contributed by atoms with Crippen LogP contribution in [-0.2, 0) is 6.42 Å². The molecule has 5 heteroatoms. The van der Waals surface area contributed by atoms with Gasteiger partial charge < -0.3 is 5.32 Å². The van der Waals surface area contributed by atoms with Crippen LogP contribution in [0.15, 0.2) is 36.4 Å². The molecule has 0 spiro atoms. The summed E-state index contributed by atoms with van der Waals surface area (Å²) in [7, 11) is 0. The Bertz CT molecular complexity index is 632. The van der Waals surface area contributed by atoms with Gasteiger partial charge in [-0.1, -0.05) is 36.2 Å². The lowest BCUT2D eigenvalue weighted by Gasteiger charge is -2.20. The topological polar surface area (TPSA) is 12.0 Å². The van der Waals surface area contributed by atoms with Crippen molar-refractivity contribution in [2.45, 2.75) is 19.4 Å². The van der Waals surface area contributed by atoms with Gasteiger partial charge in [-0.25, -0.2) is 8.78 Å². The summed E-state index contributed by atoms with van der Waals surface area (Å²) in [4.78, 5) is 0. The van der Waals surface area contributed by atoms with E-state index in [9.17, 15) is 8.78 Å². The zero-order valence-electron chi connectivity index (χ0n) is 11.5. The van der Waals surface area contributed by atoms with Crippen molar-refractivity contribution in [1.82, 2.24) is 5.32 Å². The Hall–Kier alpha value is -1.16. The molecule has 21 heavy (non-hydrogen) atoms. The van der Waals surface area contributed by atoms with Crippen molar-refractivity contribution in [3.8, 4) is 0 Å². The summed E-state index contributed by atoms with van der Waals surface area (Å²) in [5, 5.41) is 3.95. The van der Waals surface area contributed by atoms with Crippen molar-refractivity contribution in [1.29, 1.82) is 0 Å². The van der Waals surface area contributed by atoms with Gasteiger partial charge in [-0.05, 0) is 48.9 Å². The van der Waals surface area contributed by atoms with Crippen LogP contribution in [0.4, 0.5) is 8.78 Å². The maximum Gasteiger partial charge on any atom is 0.128 e. The molecule has 0 fully saturated rings. The predicted molar refractivity (Wildman–Crippen MR) is 82.9 cm³/mol. The molecule has 2 aromatic carbocycles. The maximum atomic E-state index is 14.0. The first-order valence-electron chi connectivity index (χ1n) is 6.63. The van der Waals surface area contributed by atoms with E-state index in [-0.39, 0.29) is 11.9 Å². The highest BCUT2D eigenvalue weighted by Crippen LogP contribution is 2.26. The number of benzene rings is 2. The lowest BCUT2D eigenvalue weighted by Crippen LogP contribution is -2.24. The number of likely N-dealkylation sites (N-methyl/N-ethyl adjacent to an activating group) is 1. The third-order valence-electron chi connectivity index (χ3n) is 3.22. The average molecular weight is 330 g/mol. The molecule has 0 bridgehead atoms. The van der Waals surface area contributed by atoms with Crippen molar-refractivity contribution in [2.24, 2.45) is 0 Å². The van der Waals surface area contributed by atoms with E-state index in [0.717, 1.165) is 0 Å². The van der Waals surface area contributed by atoms with Gasteiger partial charge in [-0.3, -0.25) is 0 Å². The summed E-state index contributed by atoms with van der Waals surface area (Å²) in [6, 6.07) is 8.52. The molecule has 1 nitrogen and oxygen atoms in total. The van der Waals surface area contributed by atoms with E-state index < -0.39 is 5.82 Å². The van der Waals surface area contributed by atoms with Crippen LogP contribution in [-0.4, -0.2) is 6.54 Å². The molecule has 2 rings (SSSR count). The second kappa shape index (κ2) is 7.21. The molecule has 1 atom stereocenters. The second-order valence-electron chi connectivity index (χ2n) is 4.72. The van der Waals surface area contributed by atoms with E-state index in [1.165, 1.54) is 18.2 Å². The Morgan fingerprint density at radius 2 is 1.67 bits per heavy atom. The Labute approximate surface area is 132 Å². The SMILES string of the molecule is CCNC(Cc1ccc(Cl)cc1F)c1cc(Cl)ccc1F. The molecule has 1 N–H and O–H groups in total. The summed E-state index contributed by atoms with van der Waals surface area (Å²) in [5.41, 5.74) is 0.906. The van der Waals surface area contributed by atoms with Gasteiger partial charge in [0.05, 0.1) is 0 Å². The van der Waals surface area contributed by atoms with Gasteiger partial charge in [-0.15, -0.1) is 0 Å². The third kappa shape index (κ3) is 4.16. The van der Waals surface area contributed by atoms with Crippen LogP contribution in [0.25, 0.3) is 0 Å². The van der Waals surface area contributed by atoms with Gasteiger partial charge in [0.2, 0.25) is 0 Å². The average Bonchev–Trinajstić information content (AvgIpc) is 2.44. The lowest BCUT2D eigenvalue weighted by atomic mass is 9.98. The first-order valence-corrected chi connectivity index (χ1v) is 7.39. The monoisotopic (exact) mass is 329 g/mol. The molecule has 0 amide bonds. The fourth-order valence-electron chi connectivity index (χ4n) is 2.23. The molecule has 2 aromatic rings. The van der Waals surface area contributed by atoms with Crippen molar-refractivity contribution in [3.63, 3.8) is 0 Å². The molecule has 0 aliphatic rings. The highest BCUT2D eigenvalue weighted by molar-refractivity contribution is 6.30. The molecule has 0 saturated carbocycles. The second-order valence-corrected chi connectivity index (χ2v) is 5.59. The maximum absolute atomic E-state index is 14.0. The summed E-state index contributed by atoms with van der Waals surface area (Å²) >= 11 is 11.7. The van der Waals surface area contributed by atoms with Crippen LogP contribution in [0.5, 0.6) is 0 Å². The van der Waals surface area contributed by atoms with Gasteiger partial charge in [0, 0.05) is 21.7 Å². The Kier molecular flexibility index (Phi) is 5.57. The smallest absolute Gasteiger partial charge is 0.128 e. The minimum absolute atomic E-state index is 0.314. The van der Waals surface area contributed by atoms with E-state index in [0.29, 0.717) is 34.1 Å². The molecule has 0 heterocycles. The van der Waals surface area contributed by atoms with Crippen molar-refractivity contribution >= 4 is 23.2 Å². The fraction of sp³-hybridized carbons (Fsp3) is 0.250. The Morgan fingerprint density at radius 1 is 1.00 bits per heavy atom. The summed E-state index contributed by atoms with van der Waals surface area (Å²) in [6.07, 6.45) is 0.314. The van der Waals surface area contributed by atoms with Crippen LogP contribution in [0.2, 0.25) is 10.0 Å². The minimum atomic E-state index is -0.396. The highest BCUT2D eigenvalue weighted by atomic mass is 35.5. The summed E-state index contributed by atoms with van der Waals surface area (Å²) in [6.45, 7) is 2.54. The molecular weight excluding hydrogens is 315 g/mol. The largest absolute Gasteiger partial charge is 0.310 e. The van der Waals surface area contributed by atoms with Gasteiger partial charge in [0.1, 0.15) is 11.6 Å². The van der Waals surface area contributed by atoms with E-state index in [1.54, 1.807) is 18.2 Å². The summed E-state index contributed by atoms with van der Waals surface area (Å²) in [5.74, 6) is -0.757. The molecule has 0 aliphatic heterocycles. The number of halogens is 4. The van der Waals surface area contributed by atoms with E-state index >= 15 is 0 Å². The van der Waals surface area contributed by atoms with Crippen LogP contribution in [0, 0.1) is 11.6 Å². The molecule has 0 saturated heterocycles. The minimum Gasteiger partial charge on any atom is -0.310 e. The predicted octanol–water partition coefficient (Wildman–Crippen LogP) is 5.16. The van der Waals surface area contributed by atoms with Crippen LogP contribution >= 0.6 is 23.2 Å². The van der Waals surface area contributed by atoms with Crippen molar-refractivity contribution in [3.05, 3.63) is 69.2 Å². The first kappa shape index (κ1) is 16.2. The van der Waals surface area contributed by atoms with Crippen molar-refractivity contribution < 1.29 is 8.78 Å². The number of nitrogens with one attached hydrogen (secondary N) is 1. The normalized spacial score (nSPS) is 12.4. The van der Waals surface area contributed by atoms with Crippen LogP contribution in [0.3, 0.4) is 0 Å². The molecule has 0 radical (unpaired) electrons. The van der Waals surface area contributed by atoms with E-state index in [2.05, 4.69) is 5.32 Å². The van der Waals surface area contributed by atoms with Gasteiger partial charge in [0.15, 0.2) is 0 Å². The van der Waals surface area contributed by atoms with E-state index in [4.69, 9.17) is 23.2 Å². The number of hydrogen-bond acceptors (Lipinski definition) is 1. The highest BCUT2D eigenvalue weighted by Gasteiger charge is 2.18. The zero-order chi connectivity index (χ0) is 15.4. The van der Waals surface area contributed by atoms with Gasteiger partial charge >= 0.3 is 0 Å². The van der Waals surface area contributed by atoms with Gasteiger partial charge in [-0.2, -0.15) is 0 Å². The Balaban J connectivity index is 2.32. The summed E-state index contributed by atoms with van der Waals surface area (Å²) < 4.78 is 27.9. The fourth-order valence-corrected chi connectivity index (χ4v) is 2.57. The molecule has 1 unspecified atom stereocenters.